The van der Waals surface area contributed by atoms with Crippen molar-refractivity contribution in [3.8, 4) is 6.07 Å². The maximum atomic E-state index is 12.2. The zero-order valence-electron chi connectivity index (χ0n) is 13.8. The highest BCUT2D eigenvalue weighted by Crippen LogP contribution is 2.20. The number of nitrogens with one attached hydrogen (secondary N) is 1. The number of ether oxygens (including phenoxy) is 1. The van der Waals surface area contributed by atoms with E-state index in [4.69, 9.17) is 21.6 Å². The van der Waals surface area contributed by atoms with Crippen LogP contribution in [0, 0.1) is 11.3 Å². The molecule has 0 unspecified atom stereocenters. The van der Waals surface area contributed by atoms with Crippen molar-refractivity contribution < 1.29 is 18.5 Å². The number of carbonyl (C=O) groups excluding carboxylic acids is 2. The molecule has 0 heterocycles. The van der Waals surface area contributed by atoms with Crippen LogP contribution in [0.1, 0.15) is 22.8 Å². The molecule has 0 spiro atoms. The first-order valence-corrected chi connectivity index (χ1v) is 9.30. The molecule has 134 valence electrons. The van der Waals surface area contributed by atoms with Gasteiger partial charge in [0, 0.05) is 11.4 Å². The SMILES string of the molecule is CC[S@](=O)c1ccccc1C(=O)OCC(=O)Nc1ccc(C#N)c(Cl)c1. The van der Waals surface area contributed by atoms with Gasteiger partial charge < -0.3 is 10.1 Å². The average molecular weight is 391 g/mol. The Morgan fingerprint density at radius 3 is 2.65 bits per heavy atom. The molecule has 8 heteroatoms. The first-order chi connectivity index (χ1) is 12.5. The number of carbonyl (C=O) groups is 2. The summed E-state index contributed by atoms with van der Waals surface area (Å²) in [5.41, 5.74) is 0.834. The number of nitriles is 1. The second kappa shape index (κ2) is 9.13. The second-order valence-electron chi connectivity index (χ2n) is 5.06. The molecule has 0 aliphatic carbocycles. The largest absolute Gasteiger partial charge is 0.452 e. The van der Waals surface area contributed by atoms with Gasteiger partial charge in [0.25, 0.3) is 5.91 Å². The Morgan fingerprint density at radius 1 is 1.27 bits per heavy atom. The minimum atomic E-state index is -1.32. The maximum Gasteiger partial charge on any atom is 0.339 e. The molecule has 0 aliphatic heterocycles. The fourth-order valence-corrected chi connectivity index (χ4v) is 3.24. The summed E-state index contributed by atoms with van der Waals surface area (Å²) >= 11 is 5.89. The molecule has 2 aromatic rings. The Bertz CT molecular complexity index is 908. The zero-order chi connectivity index (χ0) is 19.1. The molecule has 0 saturated carbocycles. The number of nitrogens with zero attached hydrogens (tertiary/aromatic N) is 1. The van der Waals surface area contributed by atoms with Gasteiger partial charge in [-0.2, -0.15) is 5.26 Å². The average Bonchev–Trinajstić information content (AvgIpc) is 2.65. The molecule has 2 rings (SSSR count). The van der Waals surface area contributed by atoms with Crippen LogP contribution in [0.25, 0.3) is 0 Å². The van der Waals surface area contributed by atoms with E-state index in [0.717, 1.165) is 0 Å². The number of amides is 1. The number of esters is 1. The quantitative estimate of drug-likeness (QED) is 0.764. The first-order valence-electron chi connectivity index (χ1n) is 7.60. The van der Waals surface area contributed by atoms with Gasteiger partial charge in [0.1, 0.15) is 6.07 Å². The number of hydrogen-bond acceptors (Lipinski definition) is 5. The third-order valence-corrected chi connectivity index (χ3v) is 5.01. The van der Waals surface area contributed by atoms with Gasteiger partial charge in [-0.1, -0.05) is 30.7 Å². The van der Waals surface area contributed by atoms with Gasteiger partial charge in [-0.25, -0.2) is 4.79 Å². The third kappa shape index (κ3) is 4.91. The molecule has 0 saturated heterocycles. The summed E-state index contributed by atoms with van der Waals surface area (Å²) in [6.45, 7) is 1.23. The highest BCUT2D eigenvalue weighted by Gasteiger charge is 2.17. The molecule has 1 amide bonds. The van der Waals surface area contributed by atoms with Crippen molar-refractivity contribution in [2.75, 3.05) is 17.7 Å². The molecular weight excluding hydrogens is 376 g/mol. The summed E-state index contributed by atoms with van der Waals surface area (Å²) in [4.78, 5) is 24.5. The summed E-state index contributed by atoms with van der Waals surface area (Å²) < 4.78 is 17.0. The molecule has 1 N–H and O–H groups in total. The smallest absolute Gasteiger partial charge is 0.339 e. The number of benzene rings is 2. The maximum absolute atomic E-state index is 12.2. The van der Waals surface area contributed by atoms with Crippen molar-refractivity contribution in [2.24, 2.45) is 0 Å². The summed E-state index contributed by atoms with van der Waals surface area (Å²) in [5.74, 6) is -0.923. The van der Waals surface area contributed by atoms with Gasteiger partial charge in [-0.15, -0.1) is 0 Å². The lowest BCUT2D eigenvalue weighted by Gasteiger charge is -2.09. The predicted octanol–water partition coefficient (Wildman–Crippen LogP) is 3.13. The molecular formula is C18H15ClN2O4S. The molecule has 0 radical (unpaired) electrons. The van der Waals surface area contributed by atoms with Crippen LogP contribution in [-0.2, 0) is 20.3 Å². The van der Waals surface area contributed by atoms with Gasteiger partial charge in [-0.3, -0.25) is 9.00 Å². The Kier molecular flexibility index (Phi) is 6.89. The van der Waals surface area contributed by atoms with Gasteiger partial charge >= 0.3 is 5.97 Å². The Balaban J connectivity index is 2.00. The molecule has 6 nitrogen and oxygen atoms in total. The van der Waals surface area contributed by atoms with E-state index in [2.05, 4.69) is 5.32 Å². The molecule has 1 atom stereocenters. The highest BCUT2D eigenvalue weighted by atomic mass is 35.5. The van der Waals surface area contributed by atoms with Crippen LogP contribution in [0.5, 0.6) is 0 Å². The fourth-order valence-electron chi connectivity index (χ4n) is 2.08. The van der Waals surface area contributed by atoms with Crippen molar-refractivity contribution in [2.45, 2.75) is 11.8 Å². The molecule has 26 heavy (non-hydrogen) atoms. The predicted molar refractivity (Wildman–Crippen MR) is 98.5 cm³/mol. The van der Waals surface area contributed by atoms with E-state index in [1.807, 2.05) is 6.07 Å². The van der Waals surface area contributed by atoms with Crippen LogP contribution in [0.2, 0.25) is 5.02 Å². The molecule has 0 aromatic heterocycles. The molecule has 0 fully saturated rings. The standard InChI is InChI=1S/C18H15ClN2O4S/c1-2-26(24)16-6-4-3-5-14(16)18(23)25-11-17(22)21-13-8-7-12(10-20)15(19)9-13/h3-9H,2,11H2,1H3,(H,21,22)/t26-/m0/s1. The normalized spacial score (nSPS) is 11.3. The summed E-state index contributed by atoms with van der Waals surface area (Å²) in [6, 6.07) is 12.7. The number of rotatable bonds is 6. The van der Waals surface area contributed by atoms with Gasteiger partial charge in [-0.05, 0) is 30.3 Å². The third-order valence-electron chi connectivity index (χ3n) is 3.32. The van der Waals surface area contributed by atoms with Crippen molar-refractivity contribution in [3.05, 3.63) is 58.6 Å². The van der Waals surface area contributed by atoms with Gasteiger partial charge in [0.05, 0.1) is 31.8 Å². The topological polar surface area (TPSA) is 96.3 Å². The Hall–Kier alpha value is -2.69. The lowest BCUT2D eigenvalue weighted by molar-refractivity contribution is -0.119. The van der Waals surface area contributed by atoms with E-state index in [-0.39, 0.29) is 16.1 Å². The van der Waals surface area contributed by atoms with E-state index in [1.165, 1.54) is 24.3 Å². The van der Waals surface area contributed by atoms with Crippen molar-refractivity contribution in [1.29, 1.82) is 5.26 Å². The van der Waals surface area contributed by atoms with Crippen LogP contribution in [0.15, 0.2) is 47.4 Å². The van der Waals surface area contributed by atoms with Gasteiger partial charge in [0.2, 0.25) is 0 Å². The zero-order valence-corrected chi connectivity index (χ0v) is 15.4. The molecule has 0 aliphatic rings. The molecule has 2 aromatic carbocycles. The lowest BCUT2D eigenvalue weighted by atomic mass is 10.2. The Morgan fingerprint density at radius 2 is 2.00 bits per heavy atom. The number of anilines is 1. The molecule has 0 bridgehead atoms. The van der Waals surface area contributed by atoms with Crippen molar-refractivity contribution in [1.82, 2.24) is 0 Å². The van der Waals surface area contributed by atoms with E-state index in [9.17, 15) is 13.8 Å². The van der Waals surface area contributed by atoms with E-state index in [1.54, 1.807) is 25.1 Å². The number of halogens is 1. The Labute approximate surface area is 158 Å². The van der Waals surface area contributed by atoms with Gasteiger partial charge in [0.15, 0.2) is 6.61 Å². The summed E-state index contributed by atoms with van der Waals surface area (Å²) in [7, 11) is -1.32. The summed E-state index contributed by atoms with van der Waals surface area (Å²) in [5, 5.41) is 11.5. The minimum Gasteiger partial charge on any atom is -0.452 e. The second-order valence-corrected chi connectivity index (χ2v) is 7.18. The summed E-state index contributed by atoms with van der Waals surface area (Å²) in [6.07, 6.45) is 0. The first kappa shape index (κ1) is 19.6. The lowest BCUT2D eigenvalue weighted by Crippen LogP contribution is -2.21. The van der Waals surface area contributed by atoms with Crippen LogP contribution in [0.4, 0.5) is 5.69 Å². The van der Waals surface area contributed by atoms with E-state index >= 15 is 0 Å². The number of hydrogen-bond donors (Lipinski definition) is 1. The van der Waals surface area contributed by atoms with Crippen molar-refractivity contribution >= 4 is 40.0 Å². The van der Waals surface area contributed by atoms with E-state index in [0.29, 0.717) is 16.3 Å². The fraction of sp³-hybridized carbons (Fsp3) is 0.167. The minimum absolute atomic E-state index is 0.168. The van der Waals surface area contributed by atoms with E-state index < -0.39 is 29.3 Å². The van der Waals surface area contributed by atoms with Crippen LogP contribution in [-0.4, -0.2) is 28.4 Å². The van der Waals surface area contributed by atoms with Crippen LogP contribution < -0.4 is 5.32 Å². The van der Waals surface area contributed by atoms with Crippen LogP contribution >= 0.6 is 11.6 Å². The van der Waals surface area contributed by atoms with Crippen molar-refractivity contribution in [3.63, 3.8) is 0 Å². The monoisotopic (exact) mass is 390 g/mol. The highest BCUT2D eigenvalue weighted by molar-refractivity contribution is 7.85. The van der Waals surface area contributed by atoms with Crippen LogP contribution in [0.3, 0.4) is 0 Å².